The quantitative estimate of drug-likeness (QED) is 0.184. The van der Waals surface area contributed by atoms with Crippen molar-refractivity contribution in [2.24, 2.45) is 0 Å². The van der Waals surface area contributed by atoms with E-state index in [0.717, 1.165) is 5.70 Å². The molecule has 2 heterocycles. The maximum absolute atomic E-state index is 3.94. The molecule has 268 valence electrons. The van der Waals surface area contributed by atoms with Crippen molar-refractivity contribution >= 4 is 48.0 Å². The Morgan fingerprint density at radius 1 is 0.500 bits per heavy atom. The molecule has 0 spiro atoms. The second-order valence-electron chi connectivity index (χ2n) is 15.8. The Morgan fingerprint density at radius 3 is 2.04 bits per heavy atom. The number of nitrogens with one attached hydrogen (secondary N) is 2. The van der Waals surface area contributed by atoms with E-state index in [1.165, 1.54) is 92.1 Å². The van der Waals surface area contributed by atoms with E-state index in [1.807, 2.05) is 11.3 Å². The van der Waals surface area contributed by atoms with E-state index in [-0.39, 0.29) is 17.6 Å². The van der Waals surface area contributed by atoms with Gasteiger partial charge in [-0.25, -0.2) is 0 Å². The molecule has 1 aliphatic carbocycles. The summed E-state index contributed by atoms with van der Waals surface area (Å²) in [6, 6.07) is 64.9. The number of fused-ring (bicyclic) bond motifs is 7. The van der Waals surface area contributed by atoms with Crippen LogP contribution in [0.3, 0.4) is 0 Å². The van der Waals surface area contributed by atoms with Crippen molar-refractivity contribution in [2.45, 2.75) is 31.5 Å². The molecule has 0 radical (unpaired) electrons. The first-order chi connectivity index (χ1) is 27.5. The third-order valence-electron chi connectivity index (χ3n) is 12.1. The Morgan fingerprint density at radius 2 is 1.18 bits per heavy atom. The molecule has 2 aliphatic rings. The molecule has 1 aliphatic heterocycles. The number of rotatable bonds is 5. The summed E-state index contributed by atoms with van der Waals surface area (Å²) in [6.07, 6.45) is 2.30. The molecule has 3 heteroatoms. The highest BCUT2D eigenvalue weighted by molar-refractivity contribution is 7.25. The fraction of sp³-hybridized carbons (Fsp3) is 0.0943. The third-order valence-corrected chi connectivity index (χ3v) is 13.3. The lowest BCUT2D eigenvalue weighted by molar-refractivity contribution is 0.443. The van der Waals surface area contributed by atoms with Gasteiger partial charge in [0.1, 0.15) is 6.17 Å². The van der Waals surface area contributed by atoms with E-state index < -0.39 is 0 Å². The van der Waals surface area contributed by atoms with Crippen molar-refractivity contribution in [3.8, 4) is 33.4 Å². The van der Waals surface area contributed by atoms with Gasteiger partial charge in [0.05, 0.1) is 6.04 Å². The molecule has 56 heavy (non-hydrogen) atoms. The average molecular weight is 737 g/mol. The number of benzene rings is 8. The smallest absolute Gasteiger partial charge is 0.104 e. The van der Waals surface area contributed by atoms with E-state index in [0.29, 0.717) is 0 Å². The van der Waals surface area contributed by atoms with E-state index in [4.69, 9.17) is 0 Å². The highest BCUT2D eigenvalue weighted by Gasteiger charge is 2.37. The zero-order chi connectivity index (χ0) is 37.4. The molecule has 11 rings (SSSR count). The topological polar surface area (TPSA) is 24.1 Å². The fourth-order valence-corrected chi connectivity index (χ4v) is 10.4. The summed E-state index contributed by atoms with van der Waals surface area (Å²) >= 11 is 1.87. The van der Waals surface area contributed by atoms with Crippen molar-refractivity contribution in [1.29, 1.82) is 0 Å². The van der Waals surface area contributed by atoms with Gasteiger partial charge in [-0.2, -0.15) is 0 Å². The van der Waals surface area contributed by atoms with Gasteiger partial charge >= 0.3 is 0 Å². The SMILES string of the molecule is CC1(C)c2cc3ccccc3cc2-c2c(-c3ccc(C4=CC(c5cccc(-c6cccc7sc8ccccc8c67)c5)NC(c5ccccc5)N4)cc3)cccc21. The minimum atomic E-state index is -0.0722. The van der Waals surface area contributed by atoms with Crippen LogP contribution in [0.2, 0.25) is 0 Å². The van der Waals surface area contributed by atoms with Crippen LogP contribution in [0.15, 0.2) is 182 Å². The first kappa shape index (κ1) is 33.1. The summed E-state index contributed by atoms with van der Waals surface area (Å²) in [6.45, 7) is 4.74. The van der Waals surface area contributed by atoms with Gasteiger partial charge in [0.15, 0.2) is 0 Å². The Bertz CT molecular complexity index is 3010. The first-order valence-electron chi connectivity index (χ1n) is 19.6. The molecule has 2 N–H and O–H groups in total. The highest BCUT2D eigenvalue weighted by atomic mass is 32.1. The Kier molecular flexibility index (Phi) is 7.64. The summed E-state index contributed by atoms with van der Waals surface area (Å²) in [7, 11) is 0. The zero-order valence-corrected chi connectivity index (χ0v) is 32.2. The molecule has 8 aromatic carbocycles. The van der Waals surface area contributed by atoms with Gasteiger partial charge in [0, 0.05) is 31.3 Å². The van der Waals surface area contributed by atoms with Gasteiger partial charge < -0.3 is 5.32 Å². The van der Waals surface area contributed by atoms with Crippen LogP contribution in [0.5, 0.6) is 0 Å². The summed E-state index contributed by atoms with van der Waals surface area (Å²) < 4.78 is 2.65. The fourth-order valence-electron chi connectivity index (χ4n) is 9.29. The standard InChI is InChI=1S/C53H40N2S/c1-53(2)44-22-11-20-40(50(44)43-30-36-15-6-7-16-37(36)31-45(43)53)33-25-27-34(28-26-33)46-32-47(55-52(54-46)35-13-4-3-5-14-35)39-18-10-17-38(29-39)41-21-12-24-49-51(41)42-19-8-9-23-48(42)56-49/h3-32,47,52,54-55H,1-2H3. The molecule has 0 fully saturated rings. The molecule has 1 aromatic heterocycles. The number of thiophene rings is 1. The predicted octanol–water partition coefficient (Wildman–Crippen LogP) is 13.8. The van der Waals surface area contributed by atoms with Crippen LogP contribution in [-0.2, 0) is 5.41 Å². The van der Waals surface area contributed by atoms with E-state index in [1.54, 1.807) is 0 Å². The van der Waals surface area contributed by atoms with Gasteiger partial charge in [0.25, 0.3) is 0 Å². The normalized spacial score (nSPS) is 17.1. The molecule has 2 atom stereocenters. The lowest BCUT2D eigenvalue weighted by Crippen LogP contribution is -2.39. The van der Waals surface area contributed by atoms with Crippen LogP contribution in [0, 0.1) is 0 Å². The van der Waals surface area contributed by atoms with Gasteiger partial charge in [0.2, 0.25) is 0 Å². The zero-order valence-electron chi connectivity index (χ0n) is 31.4. The molecule has 0 saturated carbocycles. The van der Waals surface area contributed by atoms with Crippen molar-refractivity contribution in [3.05, 3.63) is 210 Å². The summed E-state index contributed by atoms with van der Waals surface area (Å²) in [5.41, 5.74) is 15.2. The minimum Gasteiger partial charge on any atom is -0.366 e. The van der Waals surface area contributed by atoms with Gasteiger partial charge in [-0.15, -0.1) is 11.3 Å². The second-order valence-corrected chi connectivity index (χ2v) is 16.9. The summed E-state index contributed by atoms with van der Waals surface area (Å²) in [5.74, 6) is 0. The molecular formula is C53H40N2S. The van der Waals surface area contributed by atoms with Crippen LogP contribution < -0.4 is 10.6 Å². The molecule has 0 bridgehead atoms. The maximum atomic E-state index is 3.94. The molecule has 2 nitrogen and oxygen atoms in total. The van der Waals surface area contributed by atoms with Crippen LogP contribution in [0.1, 0.15) is 53.9 Å². The summed E-state index contributed by atoms with van der Waals surface area (Å²) in [5, 5.41) is 13.1. The molecule has 9 aromatic rings. The lowest BCUT2D eigenvalue weighted by Gasteiger charge is -2.33. The van der Waals surface area contributed by atoms with E-state index >= 15 is 0 Å². The predicted molar refractivity (Wildman–Crippen MR) is 238 cm³/mol. The van der Waals surface area contributed by atoms with Crippen LogP contribution in [0.25, 0.3) is 70.0 Å². The highest BCUT2D eigenvalue weighted by Crippen LogP contribution is 2.53. The minimum absolute atomic E-state index is 0.000420. The van der Waals surface area contributed by atoms with Crippen LogP contribution in [0.4, 0.5) is 0 Å². The van der Waals surface area contributed by atoms with Crippen molar-refractivity contribution in [3.63, 3.8) is 0 Å². The van der Waals surface area contributed by atoms with Gasteiger partial charge in [-0.1, -0.05) is 159 Å². The van der Waals surface area contributed by atoms with Crippen molar-refractivity contribution < 1.29 is 0 Å². The first-order valence-corrected chi connectivity index (χ1v) is 20.4. The monoisotopic (exact) mass is 736 g/mol. The van der Waals surface area contributed by atoms with E-state index in [2.05, 4.69) is 206 Å². The van der Waals surface area contributed by atoms with E-state index in [9.17, 15) is 0 Å². The third kappa shape index (κ3) is 5.34. The lowest BCUT2D eigenvalue weighted by atomic mass is 9.81. The average Bonchev–Trinajstić information content (AvgIpc) is 3.75. The number of hydrogen-bond acceptors (Lipinski definition) is 3. The number of hydrogen-bond donors (Lipinski definition) is 2. The largest absolute Gasteiger partial charge is 0.366 e. The molecule has 0 amide bonds. The maximum Gasteiger partial charge on any atom is 0.104 e. The van der Waals surface area contributed by atoms with Gasteiger partial charge in [-0.3, -0.25) is 5.32 Å². The van der Waals surface area contributed by atoms with Crippen LogP contribution in [-0.4, -0.2) is 0 Å². The summed E-state index contributed by atoms with van der Waals surface area (Å²) in [4.78, 5) is 0. The second kappa shape index (κ2) is 12.9. The molecule has 0 saturated heterocycles. The molecular weight excluding hydrogens is 697 g/mol. The Balaban J connectivity index is 0.982. The Labute approximate surface area is 331 Å². The van der Waals surface area contributed by atoms with Crippen LogP contribution >= 0.6 is 11.3 Å². The van der Waals surface area contributed by atoms with Crippen molar-refractivity contribution in [1.82, 2.24) is 10.6 Å². The molecule has 2 unspecified atom stereocenters. The van der Waals surface area contributed by atoms with Crippen molar-refractivity contribution in [2.75, 3.05) is 0 Å². The van der Waals surface area contributed by atoms with Gasteiger partial charge in [-0.05, 0) is 108 Å². The Hall–Kier alpha value is -6.26.